The molecule has 9 aromatic carbocycles. The maximum absolute atomic E-state index is 10.4. The lowest BCUT2D eigenvalue weighted by molar-refractivity contribution is 0.961. The van der Waals surface area contributed by atoms with Crippen molar-refractivity contribution in [1.82, 2.24) is 23.3 Å². The lowest BCUT2D eigenvalue weighted by Crippen LogP contribution is -2.16. The molecule has 14 aromatic rings. The van der Waals surface area contributed by atoms with Crippen LogP contribution in [0.3, 0.4) is 0 Å². The highest BCUT2D eigenvalue weighted by molar-refractivity contribution is 6.16. The van der Waals surface area contributed by atoms with E-state index in [-0.39, 0.29) is 0 Å². The van der Waals surface area contributed by atoms with Gasteiger partial charge in [0.25, 0.3) is 0 Å². The Morgan fingerprint density at radius 3 is 0.892 bits per heavy atom. The van der Waals surface area contributed by atoms with Gasteiger partial charge in [0.1, 0.15) is 11.4 Å². The van der Waals surface area contributed by atoms with Gasteiger partial charge in [-0.15, -0.1) is 0 Å². The molecule has 0 aliphatic heterocycles. The number of benzene rings is 9. The lowest BCUT2D eigenvalue weighted by Gasteiger charge is -2.27. The zero-order valence-electron chi connectivity index (χ0n) is 39.9. The molecular formula is C65H37N9. The average molecular weight is 944 g/mol. The Bertz CT molecular complexity index is 4430. The number of aryl methyl sites for hydroxylation is 2. The molecule has 0 radical (unpaired) electrons. The van der Waals surface area contributed by atoms with E-state index >= 15 is 0 Å². The van der Waals surface area contributed by atoms with Crippen LogP contribution in [-0.4, -0.2) is 23.3 Å². The van der Waals surface area contributed by atoms with Gasteiger partial charge in [0.05, 0.1) is 90.7 Å². The Morgan fingerprint density at radius 2 is 0.595 bits per heavy atom. The van der Waals surface area contributed by atoms with Gasteiger partial charge >= 0.3 is 0 Å². The predicted molar refractivity (Wildman–Crippen MR) is 295 cm³/mol. The third kappa shape index (κ3) is 5.96. The molecule has 0 atom stereocenters. The van der Waals surface area contributed by atoms with E-state index < -0.39 is 0 Å². The zero-order chi connectivity index (χ0) is 49.9. The van der Waals surface area contributed by atoms with Crippen molar-refractivity contribution in [3.8, 4) is 58.4 Å². The van der Waals surface area contributed by atoms with E-state index in [2.05, 4.69) is 172 Å². The summed E-state index contributed by atoms with van der Waals surface area (Å²) in [6.07, 6.45) is 0. The second-order valence-electron chi connectivity index (χ2n) is 19.0. The summed E-state index contributed by atoms with van der Waals surface area (Å²) in [4.78, 5) is 6.24. The Kier molecular flexibility index (Phi) is 9.07. The molecular weight excluding hydrogens is 907 g/mol. The van der Waals surface area contributed by atoms with Crippen LogP contribution in [0.1, 0.15) is 33.4 Å². The largest absolute Gasteiger partial charge is 0.305 e. The first-order chi connectivity index (χ1) is 36.3. The van der Waals surface area contributed by atoms with Crippen molar-refractivity contribution in [2.24, 2.45) is 0 Å². The highest BCUT2D eigenvalue weighted by Gasteiger charge is 2.33. The molecule has 0 spiro atoms. The molecule has 74 heavy (non-hydrogen) atoms. The molecule has 0 aliphatic carbocycles. The van der Waals surface area contributed by atoms with Crippen LogP contribution < -0.4 is 0 Å². The summed E-state index contributed by atoms with van der Waals surface area (Å²) in [6.45, 7) is 4.25. The highest BCUT2D eigenvalue weighted by Crippen LogP contribution is 2.49. The Balaban J connectivity index is 1.34. The minimum absolute atomic E-state index is 0.496. The van der Waals surface area contributed by atoms with Crippen molar-refractivity contribution in [1.29, 1.82) is 21.0 Å². The van der Waals surface area contributed by atoms with Crippen LogP contribution in [0.2, 0.25) is 0 Å². The summed E-state index contributed by atoms with van der Waals surface area (Å²) in [6, 6.07) is 73.2. The number of aromatic nitrogens is 5. The molecule has 342 valence electrons. The maximum atomic E-state index is 10.4. The number of para-hydroxylation sites is 4. The summed E-state index contributed by atoms with van der Waals surface area (Å²) in [5.74, 6) is 1.29. The van der Waals surface area contributed by atoms with Crippen molar-refractivity contribution in [3.63, 3.8) is 0 Å². The minimum atomic E-state index is 0.496. The minimum Gasteiger partial charge on any atom is -0.305 e. The average Bonchev–Trinajstić information content (AvgIpc) is 4.16. The lowest BCUT2D eigenvalue weighted by atomic mass is 9.97. The van der Waals surface area contributed by atoms with Crippen LogP contribution in [0, 0.1) is 59.2 Å². The number of hydrogen-bond acceptors (Lipinski definition) is 5. The third-order valence-corrected chi connectivity index (χ3v) is 14.7. The molecule has 5 heterocycles. The molecule has 0 aliphatic rings. The van der Waals surface area contributed by atoms with Crippen LogP contribution in [0.25, 0.3) is 121 Å². The van der Waals surface area contributed by atoms with Crippen molar-refractivity contribution in [3.05, 3.63) is 221 Å². The zero-order valence-corrected chi connectivity index (χ0v) is 39.9. The predicted octanol–water partition coefficient (Wildman–Crippen LogP) is 15.2. The highest BCUT2D eigenvalue weighted by atomic mass is 15.2. The van der Waals surface area contributed by atoms with E-state index in [0.717, 1.165) is 121 Å². The van der Waals surface area contributed by atoms with Crippen LogP contribution >= 0.6 is 0 Å². The molecule has 0 N–H and O–H groups in total. The fourth-order valence-electron chi connectivity index (χ4n) is 11.8. The maximum Gasteiger partial charge on any atom is 0.165 e. The SMILES string of the molecule is Cc1cc(C)cc(-c2c(-n3c4ccc(C#N)cc4c4cc(C#N)ccc43)c(-n3c4ccccc4c4ccccc43)nc(-n3c4ccccc4c4ccccc43)c2-n2c3ccc(C#N)cc3c3cc(C#N)ccc32)c1. The Hall–Kier alpha value is -10.7. The first kappa shape index (κ1) is 42.2. The Morgan fingerprint density at radius 1 is 0.311 bits per heavy atom. The van der Waals surface area contributed by atoms with Crippen LogP contribution in [0.15, 0.2) is 188 Å². The van der Waals surface area contributed by atoms with Gasteiger partial charge in [-0.1, -0.05) is 102 Å². The fourth-order valence-corrected chi connectivity index (χ4v) is 11.8. The molecule has 0 saturated heterocycles. The fraction of sp³-hybridized carbons (Fsp3) is 0.0308. The van der Waals surface area contributed by atoms with Gasteiger partial charge in [-0.05, 0) is 116 Å². The molecule has 0 unspecified atom stereocenters. The summed E-state index contributed by atoms with van der Waals surface area (Å²) in [5, 5.41) is 49.1. The quantitative estimate of drug-likeness (QED) is 0.170. The van der Waals surface area contributed by atoms with E-state index in [4.69, 9.17) is 4.98 Å². The molecule has 9 nitrogen and oxygen atoms in total. The van der Waals surface area contributed by atoms with Crippen molar-refractivity contribution < 1.29 is 0 Å². The number of pyridine rings is 1. The number of rotatable bonds is 5. The monoisotopic (exact) mass is 943 g/mol. The van der Waals surface area contributed by atoms with Crippen molar-refractivity contribution in [2.45, 2.75) is 13.8 Å². The van der Waals surface area contributed by atoms with Gasteiger partial charge in [-0.25, -0.2) is 4.98 Å². The van der Waals surface area contributed by atoms with Gasteiger partial charge in [0.2, 0.25) is 0 Å². The van der Waals surface area contributed by atoms with Crippen LogP contribution in [0.5, 0.6) is 0 Å². The van der Waals surface area contributed by atoms with E-state index in [1.165, 1.54) is 0 Å². The standard InChI is InChI=1S/C65H37N9/c1-38-27-39(2)29-44(28-38)61-62(71-57-23-19-40(34-66)30-49(57)50-31-41(35-67)20-24-58(50)71)64(73-53-15-7-3-11-45(53)46-12-4-8-16-54(46)73)70-65(74-55-17-9-5-13-47(55)48-14-6-10-18-56(48)74)63(61)72-59-25-21-42(36-68)32-51(59)52-33-43(37-69)22-26-60(52)72/h3-33H,1-2H3. The van der Waals surface area contributed by atoms with Crippen LogP contribution in [-0.2, 0) is 0 Å². The van der Waals surface area contributed by atoms with Gasteiger partial charge < -0.3 is 9.13 Å². The van der Waals surface area contributed by atoms with Crippen molar-refractivity contribution >= 4 is 87.2 Å². The number of nitriles is 4. The molecule has 0 amide bonds. The van der Waals surface area contributed by atoms with Gasteiger partial charge in [0.15, 0.2) is 11.6 Å². The molecule has 14 rings (SSSR count). The molecule has 0 fully saturated rings. The second kappa shape index (κ2) is 15.9. The summed E-state index contributed by atoms with van der Waals surface area (Å²) < 4.78 is 9.14. The normalized spacial score (nSPS) is 11.6. The molecule has 9 heteroatoms. The van der Waals surface area contributed by atoms with Gasteiger partial charge in [0, 0.05) is 48.7 Å². The molecule has 0 bridgehead atoms. The number of hydrogen-bond donors (Lipinski definition) is 0. The summed E-state index contributed by atoms with van der Waals surface area (Å²) in [7, 11) is 0. The third-order valence-electron chi connectivity index (χ3n) is 14.7. The second-order valence-corrected chi connectivity index (χ2v) is 19.0. The first-order valence-electron chi connectivity index (χ1n) is 24.3. The topological polar surface area (TPSA) is 128 Å². The molecule has 5 aromatic heterocycles. The van der Waals surface area contributed by atoms with E-state index in [9.17, 15) is 21.0 Å². The van der Waals surface area contributed by atoms with E-state index in [1.807, 2.05) is 72.8 Å². The van der Waals surface area contributed by atoms with Gasteiger partial charge in [-0.3, -0.25) is 9.13 Å². The summed E-state index contributed by atoms with van der Waals surface area (Å²) in [5.41, 5.74) is 14.5. The summed E-state index contributed by atoms with van der Waals surface area (Å²) >= 11 is 0. The number of fused-ring (bicyclic) bond motifs is 12. The first-order valence-corrected chi connectivity index (χ1v) is 24.3. The smallest absolute Gasteiger partial charge is 0.165 e. The van der Waals surface area contributed by atoms with Gasteiger partial charge in [-0.2, -0.15) is 21.0 Å². The van der Waals surface area contributed by atoms with Crippen LogP contribution in [0.4, 0.5) is 0 Å². The van der Waals surface area contributed by atoms with Crippen molar-refractivity contribution in [2.75, 3.05) is 0 Å². The molecule has 0 saturated carbocycles. The number of nitrogens with zero attached hydrogens (tertiary/aromatic N) is 9. The Labute approximate surface area is 423 Å². The van der Waals surface area contributed by atoms with E-state index in [0.29, 0.717) is 33.9 Å². The van der Waals surface area contributed by atoms with E-state index in [1.54, 1.807) is 0 Å².